The van der Waals surface area contributed by atoms with Crippen molar-refractivity contribution in [1.82, 2.24) is 0 Å². The molecule has 0 aliphatic carbocycles. The SMILES string of the molecule is NNc1c(C#Cc2ccccc2)cccc1C(=O)O. The van der Waals surface area contributed by atoms with Crippen molar-refractivity contribution in [3.05, 3.63) is 65.2 Å². The summed E-state index contributed by atoms with van der Waals surface area (Å²) in [5, 5.41) is 9.06. The number of carboxylic acid groups (broad SMARTS) is 1. The fourth-order valence-corrected chi connectivity index (χ4v) is 1.65. The minimum absolute atomic E-state index is 0.0994. The normalized spacial score (nSPS) is 9.32. The van der Waals surface area contributed by atoms with E-state index in [1.165, 1.54) is 6.07 Å². The van der Waals surface area contributed by atoms with Crippen LogP contribution in [0, 0.1) is 11.8 Å². The van der Waals surface area contributed by atoms with Crippen LogP contribution in [0.25, 0.3) is 0 Å². The molecule has 4 heteroatoms. The van der Waals surface area contributed by atoms with Gasteiger partial charge in [-0.1, -0.05) is 36.1 Å². The molecule has 0 aromatic heterocycles. The van der Waals surface area contributed by atoms with Gasteiger partial charge in [-0.3, -0.25) is 5.84 Å². The number of carboxylic acids is 1. The maximum Gasteiger partial charge on any atom is 0.337 e. The second-order valence-electron chi connectivity index (χ2n) is 3.79. The number of hydrogen-bond donors (Lipinski definition) is 3. The first-order chi connectivity index (χ1) is 9.22. The van der Waals surface area contributed by atoms with E-state index in [1.54, 1.807) is 12.1 Å². The number of carbonyl (C=O) groups is 1. The van der Waals surface area contributed by atoms with Crippen molar-refractivity contribution in [3.8, 4) is 11.8 Å². The number of benzene rings is 2. The molecule has 0 amide bonds. The van der Waals surface area contributed by atoms with Gasteiger partial charge in [-0.05, 0) is 24.3 Å². The summed E-state index contributed by atoms with van der Waals surface area (Å²) in [7, 11) is 0. The van der Waals surface area contributed by atoms with E-state index in [4.69, 9.17) is 10.9 Å². The third-order valence-corrected chi connectivity index (χ3v) is 2.55. The largest absolute Gasteiger partial charge is 0.478 e. The van der Waals surface area contributed by atoms with E-state index in [-0.39, 0.29) is 5.56 Å². The number of hydrogen-bond acceptors (Lipinski definition) is 3. The summed E-state index contributed by atoms with van der Waals surface area (Å²) in [4.78, 5) is 11.1. The highest BCUT2D eigenvalue weighted by molar-refractivity contribution is 5.95. The minimum atomic E-state index is -1.05. The van der Waals surface area contributed by atoms with E-state index in [0.717, 1.165) is 5.56 Å². The lowest BCUT2D eigenvalue weighted by molar-refractivity contribution is 0.0698. The monoisotopic (exact) mass is 252 g/mol. The third kappa shape index (κ3) is 2.92. The molecule has 2 aromatic rings. The first kappa shape index (κ1) is 12.7. The zero-order valence-corrected chi connectivity index (χ0v) is 10.1. The Morgan fingerprint density at radius 1 is 1.05 bits per heavy atom. The molecule has 0 saturated heterocycles. The molecule has 0 aliphatic heterocycles. The Morgan fingerprint density at radius 3 is 2.42 bits per heavy atom. The molecule has 94 valence electrons. The minimum Gasteiger partial charge on any atom is -0.478 e. The second-order valence-corrected chi connectivity index (χ2v) is 3.79. The van der Waals surface area contributed by atoms with Crippen molar-refractivity contribution < 1.29 is 9.90 Å². The Bertz CT molecular complexity index is 655. The highest BCUT2D eigenvalue weighted by Crippen LogP contribution is 2.19. The standard InChI is InChI=1S/C15H12N2O2/c16-17-14-12(7-4-8-13(14)15(18)19)10-9-11-5-2-1-3-6-11/h1-8,17H,16H2,(H,18,19). The number of nitrogen functional groups attached to an aromatic ring is 1. The molecule has 0 radical (unpaired) electrons. The van der Waals surface area contributed by atoms with Crippen LogP contribution in [0.5, 0.6) is 0 Å². The molecule has 0 unspecified atom stereocenters. The molecule has 0 atom stereocenters. The van der Waals surface area contributed by atoms with Gasteiger partial charge < -0.3 is 10.5 Å². The van der Waals surface area contributed by atoms with Gasteiger partial charge in [-0.2, -0.15) is 0 Å². The number of anilines is 1. The third-order valence-electron chi connectivity index (χ3n) is 2.55. The summed E-state index contributed by atoms with van der Waals surface area (Å²) in [5.74, 6) is 10.2. The van der Waals surface area contributed by atoms with Crippen LogP contribution in [0.1, 0.15) is 21.5 Å². The fraction of sp³-hybridized carbons (Fsp3) is 0. The number of nitrogens with one attached hydrogen (secondary N) is 1. The van der Waals surface area contributed by atoms with E-state index >= 15 is 0 Å². The second kappa shape index (κ2) is 5.71. The maximum atomic E-state index is 11.1. The van der Waals surface area contributed by atoms with Gasteiger partial charge in [-0.15, -0.1) is 0 Å². The molecule has 19 heavy (non-hydrogen) atoms. The van der Waals surface area contributed by atoms with Crippen LogP contribution in [0.4, 0.5) is 5.69 Å². The summed E-state index contributed by atoms with van der Waals surface area (Å²) in [6.45, 7) is 0. The fourth-order valence-electron chi connectivity index (χ4n) is 1.65. The first-order valence-corrected chi connectivity index (χ1v) is 5.62. The molecule has 0 fully saturated rings. The molecule has 0 bridgehead atoms. The molecule has 2 rings (SSSR count). The van der Waals surface area contributed by atoms with Crippen LogP contribution in [-0.2, 0) is 0 Å². The molecule has 4 N–H and O–H groups in total. The van der Waals surface area contributed by atoms with Gasteiger partial charge in [0, 0.05) is 5.56 Å². The molecule has 0 spiro atoms. The summed E-state index contributed by atoms with van der Waals surface area (Å²) in [6, 6.07) is 14.3. The first-order valence-electron chi connectivity index (χ1n) is 5.62. The maximum absolute atomic E-state index is 11.1. The molecular formula is C15H12N2O2. The number of para-hydroxylation sites is 1. The van der Waals surface area contributed by atoms with Crippen molar-refractivity contribution in [2.75, 3.05) is 5.43 Å². The van der Waals surface area contributed by atoms with Crippen molar-refractivity contribution in [1.29, 1.82) is 0 Å². The van der Waals surface area contributed by atoms with Crippen molar-refractivity contribution in [2.45, 2.75) is 0 Å². The van der Waals surface area contributed by atoms with Crippen molar-refractivity contribution in [3.63, 3.8) is 0 Å². The van der Waals surface area contributed by atoms with Gasteiger partial charge in [0.15, 0.2) is 0 Å². The van der Waals surface area contributed by atoms with Crippen LogP contribution in [0.15, 0.2) is 48.5 Å². The number of aromatic carboxylic acids is 1. The van der Waals surface area contributed by atoms with Crippen LogP contribution in [0.3, 0.4) is 0 Å². The molecular weight excluding hydrogens is 240 g/mol. The molecule has 0 aliphatic rings. The van der Waals surface area contributed by atoms with Gasteiger partial charge in [0.2, 0.25) is 0 Å². The lowest BCUT2D eigenvalue weighted by Gasteiger charge is -2.07. The lowest BCUT2D eigenvalue weighted by Crippen LogP contribution is -2.13. The topological polar surface area (TPSA) is 75.3 Å². The average molecular weight is 252 g/mol. The average Bonchev–Trinajstić information content (AvgIpc) is 2.45. The summed E-state index contributed by atoms with van der Waals surface area (Å²) in [6.07, 6.45) is 0. The predicted octanol–water partition coefficient (Wildman–Crippen LogP) is 2.07. The van der Waals surface area contributed by atoms with Crippen LogP contribution < -0.4 is 11.3 Å². The summed E-state index contributed by atoms with van der Waals surface area (Å²) < 4.78 is 0. The predicted molar refractivity (Wildman–Crippen MR) is 73.6 cm³/mol. The van der Waals surface area contributed by atoms with Gasteiger partial charge in [0.25, 0.3) is 0 Å². The Kier molecular flexibility index (Phi) is 3.81. The zero-order chi connectivity index (χ0) is 13.7. The summed E-state index contributed by atoms with van der Waals surface area (Å²) >= 11 is 0. The Morgan fingerprint density at radius 2 is 1.79 bits per heavy atom. The number of nitrogens with two attached hydrogens (primary N) is 1. The molecule has 0 saturated carbocycles. The van der Waals surface area contributed by atoms with E-state index in [2.05, 4.69) is 17.3 Å². The van der Waals surface area contributed by atoms with E-state index in [0.29, 0.717) is 11.3 Å². The van der Waals surface area contributed by atoms with E-state index in [1.807, 2.05) is 30.3 Å². The zero-order valence-electron chi connectivity index (χ0n) is 10.1. The van der Waals surface area contributed by atoms with Gasteiger partial charge >= 0.3 is 5.97 Å². The van der Waals surface area contributed by atoms with Crippen molar-refractivity contribution >= 4 is 11.7 Å². The highest BCUT2D eigenvalue weighted by atomic mass is 16.4. The van der Waals surface area contributed by atoms with Crippen LogP contribution >= 0.6 is 0 Å². The summed E-state index contributed by atoms with van der Waals surface area (Å²) in [5.41, 5.74) is 4.22. The smallest absolute Gasteiger partial charge is 0.337 e. The Hall–Kier alpha value is -2.77. The highest BCUT2D eigenvalue weighted by Gasteiger charge is 2.11. The molecule has 2 aromatic carbocycles. The number of rotatable bonds is 2. The quantitative estimate of drug-likeness (QED) is 0.434. The lowest BCUT2D eigenvalue weighted by atomic mass is 10.1. The van der Waals surface area contributed by atoms with E-state index < -0.39 is 5.97 Å². The molecule has 0 heterocycles. The van der Waals surface area contributed by atoms with Gasteiger partial charge in [0.1, 0.15) is 0 Å². The molecule has 4 nitrogen and oxygen atoms in total. The van der Waals surface area contributed by atoms with Crippen LogP contribution in [-0.4, -0.2) is 11.1 Å². The van der Waals surface area contributed by atoms with Crippen molar-refractivity contribution in [2.24, 2.45) is 5.84 Å². The Labute approximate surface area is 110 Å². The van der Waals surface area contributed by atoms with Crippen LogP contribution in [0.2, 0.25) is 0 Å². The van der Waals surface area contributed by atoms with Gasteiger partial charge in [0.05, 0.1) is 16.8 Å². The number of hydrazine groups is 1. The van der Waals surface area contributed by atoms with E-state index in [9.17, 15) is 4.79 Å². The van der Waals surface area contributed by atoms with Gasteiger partial charge in [-0.25, -0.2) is 4.79 Å². The Balaban J connectivity index is 2.44.